The summed E-state index contributed by atoms with van der Waals surface area (Å²) in [6.45, 7) is 11.7. The zero-order valence-electron chi connectivity index (χ0n) is 12.7. The van der Waals surface area contributed by atoms with Gasteiger partial charge in [-0.3, -0.25) is 4.90 Å². The minimum atomic E-state index is -0.567. The highest BCUT2D eigenvalue weighted by Crippen LogP contribution is 2.25. The Hall–Kier alpha value is -0.820. The van der Waals surface area contributed by atoms with Crippen molar-refractivity contribution in [3.63, 3.8) is 0 Å². The van der Waals surface area contributed by atoms with Crippen molar-refractivity contribution in [2.45, 2.75) is 39.7 Å². The van der Waals surface area contributed by atoms with E-state index >= 15 is 0 Å². The predicted molar refractivity (Wildman–Crippen MR) is 95.0 cm³/mol. The number of pyridine rings is 1. The molecule has 6 heteroatoms. The van der Waals surface area contributed by atoms with Crippen LogP contribution in [-0.4, -0.2) is 23.2 Å². The summed E-state index contributed by atoms with van der Waals surface area (Å²) in [5.41, 5.74) is 0.420. The second kappa shape index (κ2) is 7.45. The van der Waals surface area contributed by atoms with Gasteiger partial charge >= 0.3 is 6.09 Å². The van der Waals surface area contributed by atoms with Gasteiger partial charge in [-0.05, 0) is 68.8 Å². The molecule has 0 spiro atoms. The first-order valence-corrected chi connectivity index (χ1v) is 8.03. The van der Waals surface area contributed by atoms with Gasteiger partial charge in [0.25, 0.3) is 0 Å². The number of halogens is 2. The van der Waals surface area contributed by atoms with E-state index in [1.165, 1.54) is 4.90 Å². The van der Waals surface area contributed by atoms with Crippen molar-refractivity contribution in [3.8, 4) is 0 Å². The normalized spacial score (nSPS) is 11.1. The van der Waals surface area contributed by atoms with Gasteiger partial charge in [-0.2, -0.15) is 0 Å². The molecule has 0 aliphatic carbocycles. The molecule has 0 atom stereocenters. The molecule has 0 unspecified atom stereocenters. The maximum atomic E-state index is 12.4. The summed E-state index contributed by atoms with van der Waals surface area (Å²) < 4.78 is 6.29. The van der Waals surface area contributed by atoms with E-state index in [2.05, 4.69) is 34.2 Å². The van der Waals surface area contributed by atoms with Crippen molar-refractivity contribution in [2.75, 3.05) is 11.4 Å². The first kappa shape index (κ1) is 18.2. The average Bonchev–Trinajstić information content (AvgIpc) is 2.31. The van der Waals surface area contributed by atoms with Gasteiger partial charge in [0, 0.05) is 6.54 Å². The van der Waals surface area contributed by atoms with Crippen LogP contribution >= 0.6 is 34.2 Å². The first-order chi connectivity index (χ1) is 9.60. The van der Waals surface area contributed by atoms with Gasteiger partial charge in [0.2, 0.25) is 0 Å². The van der Waals surface area contributed by atoms with Crippen LogP contribution in [0.1, 0.15) is 34.1 Å². The third kappa shape index (κ3) is 6.22. The van der Waals surface area contributed by atoms with Crippen molar-refractivity contribution in [1.82, 2.24) is 4.98 Å². The fraction of sp³-hybridized carbons (Fsp3) is 0.467. The summed E-state index contributed by atoms with van der Waals surface area (Å²) in [6, 6.07) is 3.52. The van der Waals surface area contributed by atoms with E-state index in [-0.39, 0.29) is 0 Å². The lowest BCUT2D eigenvalue weighted by Crippen LogP contribution is -2.38. The molecule has 1 aromatic rings. The SMILES string of the molecule is C=C(C)CCN(C(=O)OC(C)(C)C)c1nc(Cl)ccc1I. The molecule has 21 heavy (non-hydrogen) atoms. The van der Waals surface area contributed by atoms with Crippen LogP contribution in [0.2, 0.25) is 5.15 Å². The number of amides is 1. The minimum Gasteiger partial charge on any atom is -0.443 e. The highest BCUT2D eigenvalue weighted by molar-refractivity contribution is 14.1. The summed E-state index contributed by atoms with van der Waals surface area (Å²) in [5, 5.41) is 0.342. The molecule has 116 valence electrons. The van der Waals surface area contributed by atoms with Crippen molar-refractivity contribution in [2.24, 2.45) is 0 Å². The lowest BCUT2D eigenvalue weighted by Gasteiger charge is -2.27. The van der Waals surface area contributed by atoms with E-state index in [1.54, 1.807) is 6.07 Å². The van der Waals surface area contributed by atoms with E-state index in [4.69, 9.17) is 16.3 Å². The molecule has 1 amide bonds. The number of ether oxygens (including phenoxy) is 1. The number of carbonyl (C=O) groups is 1. The number of hydrogen-bond donors (Lipinski definition) is 0. The van der Waals surface area contributed by atoms with E-state index in [0.29, 0.717) is 23.9 Å². The highest BCUT2D eigenvalue weighted by Gasteiger charge is 2.25. The number of nitrogens with zero attached hydrogens (tertiary/aromatic N) is 2. The maximum Gasteiger partial charge on any atom is 0.416 e. The molecular formula is C15H20ClIN2O2. The monoisotopic (exact) mass is 422 g/mol. The Bertz CT molecular complexity index is 541. The summed E-state index contributed by atoms with van der Waals surface area (Å²) in [7, 11) is 0. The van der Waals surface area contributed by atoms with Gasteiger partial charge in [0.15, 0.2) is 5.82 Å². The minimum absolute atomic E-state index is 0.342. The predicted octanol–water partition coefficient (Wildman–Crippen LogP) is 5.05. The Kier molecular flexibility index (Phi) is 6.46. The van der Waals surface area contributed by atoms with E-state index in [9.17, 15) is 4.79 Å². The van der Waals surface area contributed by atoms with Gasteiger partial charge in [-0.25, -0.2) is 9.78 Å². The molecule has 0 N–H and O–H groups in total. The van der Waals surface area contributed by atoms with Crippen LogP contribution in [-0.2, 0) is 4.74 Å². The van der Waals surface area contributed by atoms with Crippen LogP contribution in [0.5, 0.6) is 0 Å². The van der Waals surface area contributed by atoms with Crippen LogP contribution in [0.15, 0.2) is 24.3 Å². The number of rotatable bonds is 4. The molecule has 0 aromatic carbocycles. The Labute approximate surface area is 144 Å². The standard InChI is InChI=1S/C15H20ClIN2O2/c1-10(2)8-9-19(14(20)21-15(3,4)5)13-11(17)6-7-12(16)18-13/h6-7H,1,8-9H2,2-5H3. The van der Waals surface area contributed by atoms with E-state index < -0.39 is 11.7 Å². The van der Waals surface area contributed by atoms with Crippen LogP contribution in [0, 0.1) is 3.57 Å². The number of aromatic nitrogens is 1. The molecule has 4 nitrogen and oxygen atoms in total. The fourth-order valence-corrected chi connectivity index (χ4v) is 2.24. The van der Waals surface area contributed by atoms with Crippen molar-refractivity contribution in [3.05, 3.63) is 33.0 Å². The summed E-state index contributed by atoms with van der Waals surface area (Å²) in [4.78, 5) is 18.2. The highest BCUT2D eigenvalue weighted by atomic mass is 127. The number of anilines is 1. The molecule has 0 saturated carbocycles. The van der Waals surface area contributed by atoms with Crippen molar-refractivity contribution >= 4 is 46.1 Å². The molecule has 0 fully saturated rings. The topological polar surface area (TPSA) is 42.4 Å². The second-order valence-corrected chi connectivity index (χ2v) is 7.33. The summed E-state index contributed by atoms with van der Waals surface area (Å²) >= 11 is 8.08. The van der Waals surface area contributed by atoms with Crippen LogP contribution in [0.4, 0.5) is 10.6 Å². The number of carbonyl (C=O) groups excluding carboxylic acids is 1. The van der Waals surface area contributed by atoms with Gasteiger partial charge in [0.1, 0.15) is 10.8 Å². The van der Waals surface area contributed by atoms with E-state index in [1.807, 2.05) is 33.8 Å². The molecule has 0 radical (unpaired) electrons. The zero-order valence-corrected chi connectivity index (χ0v) is 15.7. The molecule has 0 aliphatic heterocycles. The summed E-state index contributed by atoms with van der Waals surface area (Å²) in [6.07, 6.45) is 0.236. The third-order valence-corrected chi connectivity index (χ3v) is 3.48. The van der Waals surface area contributed by atoms with Crippen molar-refractivity contribution in [1.29, 1.82) is 0 Å². The quantitative estimate of drug-likeness (QED) is 0.387. The molecule has 1 aromatic heterocycles. The molecule has 1 rings (SSSR count). The molecule has 0 saturated heterocycles. The lowest BCUT2D eigenvalue weighted by molar-refractivity contribution is 0.0579. The zero-order chi connectivity index (χ0) is 16.2. The number of hydrogen-bond acceptors (Lipinski definition) is 3. The molecule has 0 bridgehead atoms. The average molecular weight is 423 g/mol. The van der Waals surface area contributed by atoms with Crippen LogP contribution in [0.25, 0.3) is 0 Å². The Morgan fingerprint density at radius 3 is 2.62 bits per heavy atom. The van der Waals surface area contributed by atoms with Gasteiger partial charge in [-0.15, -0.1) is 6.58 Å². The second-order valence-electron chi connectivity index (χ2n) is 5.78. The third-order valence-electron chi connectivity index (χ3n) is 2.43. The molecule has 1 heterocycles. The van der Waals surface area contributed by atoms with Gasteiger partial charge in [-0.1, -0.05) is 17.2 Å². The molecular weight excluding hydrogens is 403 g/mol. The van der Waals surface area contributed by atoms with Crippen LogP contribution < -0.4 is 4.90 Å². The fourth-order valence-electron chi connectivity index (χ4n) is 1.50. The Morgan fingerprint density at radius 2 is 2.10 bits per heavy atom. The van der Waals surface area contributed by atoms with E-state index in [0.717, 1.165) is 9.14 Å². The maximum absolute atomic E-state index is 12.4. The Balaban J connectivity index is 3.09. The van der Waals surface area contributed by atoms with Gasteiger partial charge in [0.05, 0.1) is 3.57 Å². The molecule has 0 aliphatic rings. The van der Waals surface area contributed by atoms with Crippen molar-refractivity contribution < 1.29 is 9.53 Å². The Morgan fingerprint density at radius 1 is 1.48 bits per heavy atom. The largest absolute Gasteiger partial charge is 0.443 e. The first-order valence-electron chi connectivity index (χ1n) is 6.57. The van der Waals surface area contributed by atoms with Crippen LogP contribution in [0.3, 0.4) is 0 Å². The smallest absolute Gasteiger partial charge is 0.416 e. The lowest BCUT2D eigenvalue weighted by atomic mass is 10.2. The van der Waals surface area contributed by atoms with Gasteiger partial charge < -0.3 is 4.74 Å². The summed E-state index contributed by atoms with van der Waals surface area (Å²) in [5.74, 6) is 0.513.